The van der Waals surface area contributed by atoms with Gasteiger partial charge in [0, 0.05) is 17.1 Å². The number of hydrogen-bond donors (Lipinski definition) is 2. The quantitative estimate of drug-likeness (QED) is 0.180. The summed E-state index contributed by atoms with van der Waals surface area (Å²) in [5.74, 6) is -0.198. The molecule has 40 heavy (non-hydrogen) atoms. The molecule has 1 amide bonds. The second-order valence-electron chi connectivity index (χ2n) is 8.83. The zero-order valence-corrected chi connectivity index (χ0v) is 23.1. The predicted molar refractivity (Wildman–Crippen MR) is 149 cm³/mol. The second kappa shape index (κ2) is 12.4. The maximum atomic E-state index is 12.5. The maximum Gasteiger partial charge on any atom is 0.344 e. The number of amides is 1. The van der Waals surface area contributed by atoms with Crippen LogP contribution in [0.2, 0.25) is 5.02 Å². The number of halogens is 1. The summed E-state index contributed by atoms with van der Waals surface area (Å²) < 4.78 is 24.2. The lowest BCUT2D eigenvalue weighted by atomic mass is 10.2. The van der Waals surface area contributed by atoms with Gasteiger partial charge in [-0.2, -0.15) is 5.10 Å². The van der Waals surface area contributed by atoms with Gasteiger partial charge in [-0.15, -0.1) is 0 Å². The molecule has 0 bridgehead atoms. The van der Waals surface area contributed by atoms with Crippen molar-refractivity contribution in [3.63, 3.8) is 0 Å². The summed E-state index contributed by atoms with van der Waals surface area (Å²) in [7, 11) is 1.39. The Morgan fingerprint density at radius 2 is 1.80 bits per heavy atom. The lowest BCUT2D eigenvalue weighted by Gasteiger charge is -2.15. The first-order valence-electron chi connectivity index (χ1n) is 12.2. The molecule has 11 heteroatoms. The number of aliphatic carboxylic acids is 1. The van der Waals surface area contributed by atoms with Crippen LogP contribution >= 0.6 is 11.6 Å². The number of carbonyl (C=O) groups excluding carboxylic acids is 1. The number of aromatic nitrogens is 1. The molecule has 0 aliphatic heterocycles. The molecule has 2 aromatic carbocycles. The number of hydrazone groups is 1. The predicted octanol–water partition coefficient (Wildman–Crippen LogP) is 5.54. The van der Waals surface area contributed by atoms with Crippen LogP contribution in [0.15, 0.2) is 70.2 Å². The normalized spacial score (nSPS) is 11.8. The van der Waals surface area contributed by atoms with Gasteiger partial charge < -0.3 is 28.3 Å². The number of carbonyl (C=O) groups is 2. The zero-order chi connectivity index (χ0) is 28.8. The summed E-state index contributed by atoms with van der Waals surface area (Å²) in [5, 5.41) is 13.1. The Hall–Kier alpha value is -4.70. The number of benzene rings is 2. The molecule has 0 radical (unpaired) electrons. The number of furan rings is 1. The summed E-state index contributed by atoms with van der Waals surface area (Å²) in [4.78, 5) is 23.6. The van der Waals surface area contributed by atoms with Crippen LogP contribution in [-0.2, 0) is 11.4 Å². The summed E-state index contributed by atoms with van der Waals surface area (Å²) >= 11 is 6.24. The highest BCUT2D eigenvalue weighted by molar-refractivity contribution is 6.32. The van der Waals surface area contributed by atoms with E-state index in [1.165, 1.54) is 32.4 Å². The van der Waals surface area contributed by atoms with E-state index in [1.807, 2.05) is 24.3 Å². The molecule has 0 fully saturated rings. The van der Waals surface area contributed by atoms with Crippen molar-refractivity contribution in [2.75, 3.05) is 7.11 Å². The lowest BCUT2D eigenvalue weighted by molar-refractivity contribution is -0.144. The van der Waals surface area contributed by atoms with Crippen LogP contribution in [0.1, 0.15) is 40.2 Å². The van der Waals surface area contributed by atoms with Crippen LogP contribution < -0.4 is 19.6 Å². The van der Waals surface area contributed by atoms with E-state index >= 15 is 0 Å². The second-order valence-corrected chi connectivity index (χ2v) is 9.24. The average Bonchev–Trinajstić information content (AvgIpc) is 3.55. The van der Waals surface area contributed by atoms with Crippen molar-refractivity contribution in [3.8, 4) is 22.9 Å². The molecule has 0 aliphatic rings. The molecule has 2 aromatic heterocycles. The van der Waals surface area contributed by atoms with E-state index in [4.69, 9.17) is 35.3 Å². The first-order valence-corrected chi connectivity index (χ1v) is 12.6. The number of hydrogen-bond acceptors (Lipinski definition) is 7. The average molecular weight is 566 g/mol. The Labute approximate surface area is 235 Å². The number of ether oxygens (including phenoxy) is 3. The van der Waals surface area contributed by atoms with Gasteiger partial charge in [-0.05, 0) is 87.0 Å². The van der Waals surface area contributed by atoms with Crippen molar-refractivity contribution in [1.82, 2.24) is 9.99 Å². The van der Waals surface area contributed by atoms with E-state index in [2.05, 4.69) is 41.1 Å². The summed E-state index contributed by atoms with van der Waals surface area (Å²) in [5.41, 5.74) is 6.21. The fourth-order valence-electron chi connectivity index (χ4n) is 3.88. The molecule has 0 unspecified atom stereocenters. The number of methoxy groups -OCH3 is 1. The number of carboxylic acids is 1. The van der Waals surface area contributed by atoms with Crippen molar-refractivity contribution in [2.45, 2.75) is 33.5 Å². The molecule has 2 N–H and O–H groups in total. The number of aryl methyl sites for hydroxylation is 2. The first kappa shape index (κ1) is 28.3. The Morgan fingerprint density at radius 3 is 2.45 bits per heavy atom. The monoisotopic (exact) mass is 565 g/mol. The Kier molecular flexibility index (Phi) is 8.80. The van der Waals surface area contributed by atoms with E-state index in [9.17, 15) is 9.59 Å². The third-order valence-corrected chi connectivity index (χ3v) is 6.19. The molecule has 208 valence electrons. The van der Waals surface area contributed by atoms with Gasteiger partial charge in [0.25, 0.3) is 0 Å². The van der Waals surface area contributed by atoms with E-state index in [0.717, 1.165) is 17.1 Å². The van der Waals surface area contributed by atoms with Gasteiger partial charge in [0.05, 0.1) is 18.3 Å². The minimum Gasteiger partial charge on any atom is -0.493 e. The molecular weight excluding hydrogens is 538 g/mol. The third-order valence-electron chi connectivity index (χ3n) is 5.91. The summed E-state index contributed by atoms with van der Waals surface area (Å²) in [6.07, 6.45) is 0.224. The van der Waals surface area contributed by atoms with Gasteiger partial charge in [0.2, 0.25) is 0 Å². The SMILES string of the molecule is COc1cc(/C=N/NC(=O)c2ccc(COc3ccc(-n4c(C)ccc4C)cc3)o2)cc(Cl)c1O[C@@H](C)C(=O)O. The van der Waals surface area contributed by atoms with Crippen molar-refractivity contribution in [3.05, 3.63) is 94.2 Å². The van der Waals surface area contributed by atoms with Crippen LogP contribution in [0, 0.1) is 13.8 Å². The number of nitrogens with one attached hydrogen (secondary N) is 1. The maximum absolute atomic E-state index is 12.5. The van der Waals surface area contributed by atoms with Crippen molar-refractivity contribution >= 4 is 29.7 Å². The van der Waals surface area contributed by atoms with Crippen LogP contribution in [0.3, 0.4) is 0 Å². The van der Waals surface area contributed by atoms with Crippen LogP contribution in [0.25, 0.3) is 5.69 Å². The highest BCUT2D eigenvalue weighted by Crippen LogP contribution is 2.36. The molecule has 4 rings (SSSR count). The van der Waals surface area contributed by atoms with Crippen molar-refractivity contribution < 1.29 is 33.3 Å². The van der Waals surface area contributed by atoms with Crippen LogP contribution in [0.5, 0.6) is 17.2 Å². The molecular formula is C29H28ClN3O7. The fraction of sp³-hybridized carbons (Fsp3) is 0.207. The smallest absolute Gasteiger partial charge is 0.344 e. The highest BCUT2D eigenvalue weighted by atomic mass is 35.5. The summed E-state index contributed by atoms with van der Waals surface area (Å²) in [6.45, 7) is 5.63. The first-order chi connectivity index (χ1) is 19.2. The van der Waals surface area contributed by atoms with E-state index in [-0.39, 0.29) is 28.9 Å². The van der Waals surface area contributed by atoms with Gasteiger partial charge in [0.15, 0.2) is 23.4 Å². The van der Waals surface area contributed by atoms with Crippen molar-refractivity contribution in [1.29, 1.82) is 0 Å². The Morgan fingerprint density at radius 1 is 1.10 bits per heavy atom. The van der Waals surface area contributed by atoms with Gasteiger partial charge in [0.1, 0.15) is 18.1 Å². The molecule has 0 spiro atoms. The molecule has 0 saturated carbocycles. The number of carboxylic acid groups (broad SMARTS) is 1. The minimum absolute atomic E-state index is 0.0617. The van der Waals surface area contributed by atoms with Crippen LogP contribution in [-0.4, -0.2) is 41.0 Å². The standard InChI is InChI=1S/C29H28ClN3O7/c1-17-5-6-18(2)33(17)21-7-9-22(10-8-21)38-16-23-11-12-25(40-23)28(34)32-31-15-20-13-24(30)27(26(14-20)37-4)39-19(3)29(35)36/h5-15,19H,16H2,1-4H3,(H,32,34)(H,35,36)/b31-15+/t19-/m0/s1. The number of rotatable bonds is 11. The molecule has 1 atom stereocenters. The van der Waals surface area contributed by atoms with E-state index < -0.39 is 18.0 Å². The van der Waals surface area contributed by atoms with Gasteiger partial charge >= 0.3 is 11.9 Å². The van der Waals surface area contributed by atoms with E-state index in [1.54, 1.807) is 12.1 Å². The largest absolute Gasteiger partial charge is 0.493 e. The van der Waals surface area contributed by atoms with E-state index in [0.29, 0.717) is 17.1 Å². The molecule has 0 aliphatic carbocycles. The molecule has 4 aromatic rings. The third kappa shape index (κ3) is 6.65. The fourth-order valence-corrected chi connectivity index (χ4v) is 4.14. The zero-order valence-electron chi connectivity index (χ0n) is 22.3. The summed E-state index contributed by atoms with van der Waals surface area (Å²) in [6, 6.07) is 18.1. The van der Waals surface area contributed by atoms with Crippen molar-refractivity contribution in [2.24, 2.45) is 5.10 Å². The lowest BCUT2D eigenvalue weighted by Crippen LogP contribution is -2.23. The van der Waals surface area contributed by atoms with Gasteiger partial charge in [-0.25, -0.2) is 10.2 Å². The molecule has 10 nitrogen and oxygen atoms in total. The Balaban J connectivity index is 1.33. The molecule has 2 heterocycles. The minimum atomic E-state index is -1.15. The van der Waals surface area contributed by atoms with Crippen LogP contribution in [0.4, 0.5) is 0 Å². The number of nitrogens with zero attached hydrogens (tertiary/aromatic N) is 2. The topological polar surface area (TPSA) is 125 Å². The highest BCUT2D eigenvalue weighted by Gasteiger charge is 2.19. The Bertz CT molecular complexity index is 1520. The van der Waals surface area contributed by atoms with Gasteiger partial charge in [-0.1, -0.05) is 11.6 Å². The van der Waals surface area contributed by atoms with Gasteiger partial charge in [-0.3, -0.25) is 4.79 Å². The molecule has 0 saturated heterocycles.